The molecule has 3 heteroatoms. The smallest absolute Gasteiger partial charge is 0.117 e. The summed E-state index contributed by atoms with van der Waals surface area (Å²) in [6, 6.07) is 0. The number of rotatable bonds is 1. The standard InChI is InChI=1S/C8H8BrNS/c9-6-4-11-7(10-6)8-1-5(2-8)3-8/h4-5H,1-3H2. The highest BCUT2D eigenvalue weighted by molar-refractivity contribution is 9.10. The van der Waals surface area contributed by atoms with E-state index in [1.807, 2.05) is 11.3 Å². The maximum atomic E-state index is 4.48. The van der Waals surface area contributed by atoms with E-state index in [4.69, 9.17) is 0 Å². The maximum absolute atomic E-state index is 4.48. The van der Waals surface area contributed by atoms with Crippen LogP contribution >= 0.6 is 27.3 Å². The van der Waals surface area contributed by atoms with Crippen molar-refractivity contribution >= 4 is 27.3 Å². The lowest BCUT2D eigenvalue weighted by Crippen LogP contribution is -2.55. The third kappa shape index (κ3) is 0.733. The van der Waals surface area contributed by atoms with Gasteiger partial charge in [-0.05, 0) is 41.1 Å². The minimum Gasteiger partial charge on any atom is -0.234 e. The average Bonchev–Trinajstić information content (AvgIpc) is 2.06. The van der Waals surface area contributed by atoms with Crippen LogP contribution in [0.1, 0.15) is 24.3 Å². The molecule has 0 saturated heterocycles. The van der Waals surface area contributed by atoms with Gasteiger partial charge in [-0.2, -0.15) is 0 Å². The molecular formula is C8H8BrNS. The van der Waals surface area contributed by atoms with Crippen molar-refractivity contribution in [3.05, 3.63) is 15.0 Å². The van der Waals surface area contributed by atoms with Crippen LogP contribution in [0.2, 0.25) is 0 Å². The van der Waals surface area contributed by atoms with Crippen LogP contribution in [0.4, 0.5) is 0 Å². The van der Waals surface area contributed by atoms with Crippen molar-refractivity contribution in [2.24, 2.45) is 5.92 Å². The Kier molecular flexibility index (Phi) is 1.13. The Morgan fingerprint density at radius 2 is 2.27 bits per heavy atom. The van der Waals surface area contributed by atoms with Crippen molar-refractivity contribution in [3.8, 4) is 0 Å². The Morgan fingerprint density at radius 3 is 2.64 bits per heavy atom. The lowest BCUT2D eigenvalue weighted by molar-refractivity contribution is -0.0276. The molecule has 58 valence electrons. The number of hydrogen-bond acceptors (Lipinski definition) is 2. The molecule has 4 rings (SSSR count). The summed E-state index contributed by atoms with van der Waals surface area (Å²) in [7, 11) is 0. The van der Waals surface area contributed by atoms with Crippen molar-refractivity contribution in [2.45, 2.75) is 24.7 Å². The van der Waals surface area contributed by atoms with E-state index >= 15 is 0 Å². The topological polar surface area (TPSA) is 12.9 Å². The van der Waals surface area contributed by atoms with Gasteiger partial charge in [-0.1, -0.05) is 0 Å². The molecule has 0 spiro atoms. The predicted octanol–water partition coefficient (Wildman–Crippen LogP) is 2.96. The molecule has 0 radical (unpaired) electrons. The quantitative estimate of drug-likeness (QED) is 0.722. The summed E-state index contributed by atoms with van der Waals surface area (Å²) in [5, 5.41) is 3.46. The Labute approximate surface area is 78.0 Å². The molecular weight excluding hydrogens is 222 g/mol. The maximum Gasteiger partial charge on any atom is 0.117 e. The van der Waals surface area contributed by atoms with E-state index in [-0.39, 0.29) is 0 Å². The second-order valence-electron chi connectivity index (χ2n) is 3.73. The van der Waals surface area contributed by atoms with Crippen LogP contribution in [-0.4, -0.2) is 4.98 Å². The lowest BCUT2D eigenvalue weighted by atomic mass is 9.45. The summed E-state index contributed by atoms with van der Waals surface area (Å²) >= 11 is 5.21. The van der Waals surface area contributed by atoms with Gasteiger partial charge >= 0.3 is 0 Å². The number of nitrogens with zero attached hydrogens (tertiary/aromatic N) is 1. The van der Waals surface area contributed by atoms with Crippen LogP contribution in [0.3, 0.4) is 0 Å². The number of hydrogen-bond donors (Lipinski definition) is 0. The fourth-order valence-corrected chi connectivity index (χ4v) is 3.73. The minimum atomic E-state index is 0.557. The third-order valence-electron chi connectivity index (χ3n) is 2.97. The van der Waals surface area contributed by atoms with Crippen LogP contribution in [0.15, 0.2) is 9.98 Å². The van der Waals surface area contributed by atoms with Gasteiger partial charge in [0.15, 0.2) is 0 Å². The van der Waals surface area contributed by atoms with Crippen LogP contribution < -0.4 is 0 Å². The summed E-state index contributed by atoms with van der Waals surface area (Å²) < 4.78 is 1.02. The number of halogens is 1. The molecule has 3 aliphatic rings. The van der Waals surface area contributed by atoms with Gasteiger partial charge in [0.2, 0.25) is 0 Å². The second-order valence-corrected chi connectivity index (χ2v) is 5.40. The van der Waals surface area contributed by atoms with E-state index in [0.29, 0.717) is 5.41 Å². The summed E-state index contributed by atoms with van der Waals surface area (Å²) in [5.74, 6) is 1.05. The zero-order valence-electron chi connectivity index (χ0n) is 6.01. The zero-order chi connectivity index (χ0) is 7.47. The van der Waals surface area contributed by atoms with Crippen molar-refractivity contribution in [3.63, 3.8) is 0 Å². The van der Waals surface area contributed by atoms with Crippen molar-refractivity contribution in [2.75, 3.05) is 0 Å². The first-order chi connectivity index (χ1) is 5.28. The molecule has 0 unspecified atom stereocenters. The van der Waals surface area contributed by atoms with Crippen molar-refractivity contribution in [1.29, 1.82) is 0 Å². The second kappa shape index (κ2) is 1.88. The molecule has 11 heavy (non-hydrogen) atoms. The van der Waals surface area contributed by atoms with E-state index in [1.165, 1.54) is 24.3 Å². The van der Waals surface area contributed by atoms with Crippen molar-refractivity contribution < 1.29 is 0 Å². The first-order valence-electron chi connectivity index (χ1n) is 3.90. The Bertz CT molecular complexity index is 290. The highest BCUT2D eigenvalue weighted by Gasteiger charge is 2.59. The normalized spacial score (nSPS) is 39.5. The molecule has 0 atom stereocenters. The van der Waals surface area contributed by atoms with E-state index in [9.17, 15) is 0 Å². The molecule has 0 N–H and O–H groups in total. The zero-order valence-corrected chi connectivity index (χ0v) is 8.41. The molecule has 2 bridgehead atoms. The Hall–Kier alpha value is 0.110. The molecule has 3 fully saturated rings. The average molecular weight is 230 g/mol. The predicted molar refractivity (Wildman–Crippen MR) is 48.8 cm³/mol. The van der Waals surface area contributed by atoms with Gasteiger partial charge in [-0.15, -0.1) is 11.3 Å². The molecule has 1 nitrogen and oxygen atoms in total. The van der Waals surface area contributed by atoms with Crippen LogP contribution in [-0.2, 0) is 5.41 Å². The lowest BCUT2D eigenvalue weighted by Gasteiger charge is -2.60. The summed E-state index contributed by atoms with van der Waals surface area (Å²) in [6.45, 7) is 0. The summed E-state index contributed by atoms with van der Waals surface area (Å²) in [4.78, 5) is 4.48. The summed E-state index contributed by atoms with van der Waals surface area (Å²) in [6.07, 6.45) is 4.23. The molecule has 0 aliphatic heterocycles. The van der Waals surface area contributed by atoms with Gasteiger partial charge in [-0.3, -0.25) is 0 Å². The minimum absolute atomic E-state index is 0.557. The van der Waals surface area contributed by atoms with Gasteiger partial charge < -0.3 is 0 Å². The fraction of sp³-hybridized carbons (Fsp3) is 0.625. The largest absolute Gasteiger partial charge is 0.234 e. The van der Waals surface area contributed by atoms with Crippen molar-refractivity contribution in [1.82, 2.24) is 4.98 Å². The fourth-order valence-electron chi connectivity index (χ4n) is 2.24. The molecule has 0 aromatic carbocycles. The van der Waals surface area contributed by atoms with E-state index in [2.05, 4.69) is 26.3 Å². The van der Waals surface area contributed by atoms with E-state index in [0.717, 1.165) is 10.5 Å². The van der Waals surface area contributed by atoms with Crippen LogP contribution in [0, 0.1) is 5.92 Å². The Balaban J connectivity index is 1.99. The molecule has 1 aromatic rings. The molecule has 3 saturated carbocycles. The van der Waals surface area contributed by atoms with Crippen LogP contribution in [0.25, 0.3) is 0 Å². The van der Waals surface area contributed by atoms with Gasteiger partial charge in [0, 0.05) is 10.8 Å². The van der Waals surface area contributed by atoms with Crippen LogP contribution in [0.5, 0.6) is 0 Å². The highest BCUT2D eigenvalue weighted by Crippen LogP contribution is 2.65. The van der Waals surface area contributed by atoms with E-state index in [1.54, 1.807) is 0 Å². The molecule has 1 heterocycles. The first kappa shape index (κ1) is 6.61. The number of aromatic nitrogens is 1. The van der Waals surface area contributed by atoms with Gasteiger partial charge in [0.05, 0.1) is 0 Å². The van der Waals surface area contributed by atoms with Gasteiger partial charge in [-0.25, -0.2) is 4.98 Å². The number of thiazole rings is 1. The monoisotopic (exact) mass is 229 g/mol. The molecule has 0 amide bonds. The molecule has 3 aliphatic carbocycles. The molecule has 1 aromatic heterocycles. The first-order valence-corrected chi connectivity index (χ1v) is 5.57. The highest BCUT2D eigenvalue weighted by atomic mass is 79.9. The SMILES string of the molecule is Brc1csc(C23CC(C2)C3)n1. The van der Waals surface area contributed by atoms with E-state index < -0.39 is 0 Å². The van der Waals surface area contributed by atoms with Gasteiger partial charge in [0.25, 0.3) is 0 Å². The van der Waals surface area contributed by atoms with Gasteiger partial charge in [0.1, 0.15) is 9.61 Å². The Morgan fingerprint density at radius 1 is 1.55 bits per heavy atom. The summed E-state index contributed by atoms with van der Waals surface area (Å²) in [5.41, 5.74) is 0.557. The third-order valence-corrected chi connectivity index (χ3v) is 4.77.